The van der Waals surface area contributed by atoms with Gasteiger partial charge in [0.1, 0.15) is 15.7 Å². The van der Waals surface area contributed by atoms with Gasteiger partial charge in [0.2, 0.25) is 0 Å². The molecule has 1 fully saturated rings. The van der Waals surface area contributed by atoms with Crippen LogP contribution in [0, 0.1) is 5.82 Å². The maximum Gasteiger partial charge on any atom is 0.191 e. The van der Waals surface area contributed by atoms with Crippen LogP contribution in [0.1, 0.15) is 18.9 Å². The molecule has 118 valence electrons. The first-order valence-corrected chi connectivity index (χ1v) is 10.0. The second-order valence-electron chi connectivity index (χ2n) is 5.37. The third kappa shape index (κ3) is 3.49. The Morgan fingerprint density at radius 2 is 2.05 bits per heavy atom. The molecule has 1 aromatic carbocycles. The first kappa shape index (κ1) is 15.5. The molecular weight excluding hydrogens is 325 g/mol. The molecule has 5 nitrogen and oxygen atoms in total. The minimum absolute atomic E-state index is 0.0875. The molecule has 3 rings (SSSR count). The van der Waals surface area contributed by atoms with E-state index in [1.807, 2.05) is 4.57 Å². The van der Waals surface area contributed by atoms with E-state index in [4.69, 9.17) is 0 Å². The van der Waals surface area contributed by atoms with Crippen LogP contribution >= 0.6 is 11.8 Å². The highest BCUT2D eigenvalue weighted by atomic mass is 32.2. The summed E-state index contributed by atoms with van der Waals surface area (Å²) in [5, 5.41) is 8.91. The molecule has 0 radical (unpaired) electrons. The Labute approximate surface area is 132 Å². The molecule has 1 saturated carbocycles. The van der Waals surface area contributed by atoms with Crippen molar-refractivity contribution < 1.29 is 12.8 Å². The number of nitrogens with zero attached hydrogens (tertiary/aromatic N) is 3. The largest absolute Gasteiger partial charge is 0.299 e. The van der Waals surface area contributed by atoms with E-state index >= 15 is 0 Å². The van der Waals surface area contributed by atoms with Crippen LogP contribution in [0.5, 0.6) is 0 Å². The van der Waals surface area contributed by atoms with Crippen molar-refractivity contribution >= 4 is 21.6 Å². The molecule has 2 aromatic rings. The molecule has 0 spiro atoms. The van der Waals surface area contributed by atoms with E-state index in [-0.39, 0.29) is 17.6 Å². The quantitative estimate of drug-likeness (QED) is 0.756. The highest BCUT2D eigenvalue weighted by Crippen LogP contribution is 2.41. The second kappa shape index (κ2) is 6.00. The summed E-state index contributed by atoms with van der Waals surface area (Å²) in [6.45, 7) is 0. The second-order valence-corrected chi connectivity index (χ2v) is 8.69. The summed E-state index contributed by atoms with van der Waals surface area (Å²) in [5.74, 6) is 0.692. The number of halogens is 1. The van der Waals surface area contributed by atoms with Crippen molar-refractivity contribution in [1.82, 2.24) is 14.8 Å². The van der Waals surface area contributed by atoms with Gasteiger partial charge < -0.3 is 0 Å². The topological polar surface area (TPSA) is 64.8 Å². The fourth-order valence-corrected chi connectivity index (χ4v) is 4.35. The number of hydrogen-bond donors (Lipinski definition) is 0. The summed E-state index contributed by atoms with van der Waals surface area (Å²) >= 11 is 1.35. The Bertz CT molecular complexity index is 785. The third-order valence-electron chi connectivity index (χ3n) is 3.38. The lowest BCUT2D eigenvalue weighted by Crippen LogP contribution is -2.06. The van der Waals surface area contributed by atoms with Gasteiger partial charge in [-0.2, -0.15) is 0 Å². The molecule has 0 atom stereocenters. The molecular formula is C14H16FN3O2S2. The van der Waals surface area contributed by atoms with Crippen LogP contribution in [-0.2, 0) is 9.84 Å². The summed E-state index contributed by atoms with van der Waals surface area (Å²) in [5.41, 5.74) is 0.428. The first-order chi connectivity index (χ1) is 10.5. The van der Waals surface area contributed by atoms with Crippen LogP contribution in [0.4, 0.5) is 4.39 Å². The summed E-state index contributed by atoms with van der Waals surface area (Å²) in [6.07, 6.45) is 3.24. The zero-order valence-electron chi connectivity index (χ0n) is 12.1. The van der Waals surface area contributed by atoms with Gasteiger partial charge in [0.15, 0.2) is 11.0 Å². The Morgan fingerprint density at radius 3 is 2.68 bits per heavy atom. The highest BCUT2D eigenvalue weighted by molar-refractivity contribution is 8.00. The van der Waals surface area contributed by atoms with Gasteiger partial charge in [-0.15, -0.1) is 10.2 Å². The molecule has 0 saturated heterocycles. The maximum atomic E-state index is 14.0. The van der Waals surface area contributed by atoms with Gasteiger partial charge >= 0.3 is 0 Å². The predicted molar refractivity (Wildman–Crippen MR) is 84.1 cm³/mol. The normalized spacial score (nSPS) is 15.2. The molecule has 0 aliphatic heterocycles. The third-order valence-corrected chi connectivity index (χ3v) is 5.53. The minimum atomic E-state index is -3.00. The average molecular weight is 341 g/mol. The first-order valence-electron chi connectivity index (χ1n) is 6.96. The smallest absolute Gasteiger partial charge is 0.191 e. The lowest BCUT2D eigenvalue weighted by atomic mass is 10.2. The van der Waals surface area contributed by atoms with Crippen LogP contribution < -0.4 is 0 Å². The van der Waals surface area contributed by atoms with E-state index in [2.05, 4.69) is 10.2 Å². The molecule has 1 heterocycles. The van der Waals surface area contributed by atoms with Crippen LogP contribution in [0.15, 0.2) is 29.4 Å². The summed E-state index contributed by atoms with van der Waals surface area (Å²) in [7, 11) is -3.00. The van der Waals surface area contributed by atoms with Gasteiger partial charge in [0.05, 0.1) is 11.3 Å². The van der Waals surface area contributed by atoms with E-state index in [0.29, 0.717) is 22.3 Å². The average Bonchev–Trinajstić information content (AvgIpc) is 3.20. The zero-order valence-corrected chi connectivity index (χ0v) is 13.7. The molecule has 1 aliphatic rings. The SMILES string of the molecule is CS(=O)(=O)CCSc1nnc(-c2ccccc2F)n1C1CC1. The van der Waals surface area contributed by atoms with Crippen LogP contribution in [0.2, 0.25) is 0 Å². The molecule has 0 N–H and O–H groups in total. The van der Waals surface area contributed by atoms with Crippen LogP contribution in [-0.4, -0.2) is 40.9 Å². The highest BCUT2D eigenvalue weighted by Gasteiger charge is 2.30. The van der Waals surface area contributed by atoms with Crippen molar-refractivity contribution in [3.63, 3.8) is 0 Å². The van der Waals surface area contributed by atoms with Gasteiger partial charge in [-0.1, -0.05) is 23.9 Å². The number of aromatic nitrogens is 3. The number of rotatable bonds is 6. The number of thioether (sulfide) groups is 1. The summed E-state index contributed by atoms with van der Waals surface area (Å²) in [4.78, 5) is 0. The van der Waals surface area contributed by atoms with Crippen molar-refractivity contribution in [2.75, 3.05) is 17.8 Å². The molecule has 1 aromatic heterocycles. The van der Waals surface area contributed by atoms with E-state index in [1.165, 1.54) is 24.1 Å². The lowest BCUT2D eigenvalue weighted by molar-refractivity contribution is 0.603. The maximum absolute atomic E-state index is 14.0. The fraction of sp³-hybridized carbons (Fsp3) is 0.429. The molecule has 22 heavy (non-hydrogen) atoms. The van der Waals surface area contributed by atoms with Crippen molar-refractivity contribution in [2.45, 2.75) is 24.0 Å². The molecule has 0 bridgehead atoms. The predicted octanol–water partition coefficient (Wildman–Crippen LogP) is 2.56. The Kier molecular flexibility index (Phi) is 4.22. The van der Waals surface area contributed by atoms with Crippen LogP contribution in [0.25, 0.3) is 11.4 Å². The molecule has 0 unspecified atom stereocenters. The van der Waals surface area contributed by atoms with Crippen molar-refractivity contribution in [3.05, 3.63) is 30.1 Å². The van der Waals surface area contributed by atoms with Crippen molar-refractivity contribution in [1.29, 1.82) is 0 Å². The summed E-state index contributed by atoms with van der Waals surface area (Å²) in [6, 6.07) is 6.77. The van der Waals surface area contributed by atoms with Gasteiger partial charge in [0, 0.05) is 18.1 Å². The van der Waals surface area contributed by atoms with E-state index in [1.54, 1.807) is 18.2 Å². The van der Waals surface area contributed by atoms with Gasteiger partial charge in [-0.05, 0) is 25.0 Å². The van der Waals surface area contributed by atoms with Gasteiger partial charge in [-0.25, -0.2) is 12.8 Å². The summed E-state index contributed by atoms with van der Waals surface area (Å²) < 4.78 is 38.4. The zero-order chi connectivity index (χ0) is 15.7. The number of sulfone groups is 1. The number of hydrogen-bond acceptors (Lipinski definition) is 5. The van der Waals surface area contributed by atoms with Crippen LogP contribution in [0.3, 0.4) is 0 Å². The van der Waals surface area contributed by atoms with Gasteiger partial charge in [0.25, 0.3) is 0 Å². The van der Waals surface area contributed by atoms with E-state index in [0.717, 1.165) is 12.8 Å². The van der Waals surface area contributed by atoms with Gasteiger partial charge in [-0.3, -0.25) is 4.57 Å². The molecule has 0 amide bonds. The minimum Gasteiger partial charge on any atom is -0.299 e. The fourth-order valence-electron chi connectivity index (χ4n) is 2.15. The van der Waals surface area contributed by atoms with E-state index in [9.17, 15) is 12.8 Å². The Morgan fingerprint density at radius 1 is 1.32 bits per heavy atom. The number of benzene rings is 1. The van der Waals surface area contributed by atoms with Crippen molar-refractivity contribution in [3.8, 4) is 11.4 Å². The Balaban J connectivity index is 1.88. The Hall–Kier alpha value is -1.41. The standard InChI is InChI=1S/C14H16FN3O2S2/c1-22(19,20)9-8-21-14-17-16-13(18(14)10-6-7-10)11-4-2-3-5-12(11)15/h2-5,10H,6-9H2,1H3. The molecule has 1 aliphatic carbocycles. The van der Waals surface area contributed by atoms with E-state index < -0.39 is 9.84 Å². The lowest BCUT2D eigenvalue weighted by Gasteiger charge is -2.09. The van der Waals surface area contributed by atoms with Crippen molar-refractivity contribution in [2.24, 2.45) is 0 Å². The monoisotopic (exact) mass is 341 g/mol. The molecule has 8 heteroatoms.